The lowest BCUT2D eigenvalue weighted by Crippen LogP contribution is -2.28. The van der Waals surface area contributed by atoms with Crippen LogP contribution in [-0.2, 0) is 9.53 Å². The molecule has 2 aromatic rings. The number of esters is 1. The highest BCUT2D eigenvalue weighted by atomic mass is 16.5. The highest BCUT2D eigenvalue weighted by Gasteiger charge is 2.25. The molecule has 22 heavy (non-hydrogen) atoms. The molecule has 2 rings (SSSR count). The molecule has 6 heteroatoms. The van der Waals surface area contributed by atoms with Gasteiger partial charge in [0.05, 0.1) is 12.1 Å². The Labute approximate surface area is 127 Å². The number of carbonyl (C=O) groups is 2. The van der Waals surface area contributed by atoms with Crippen molar-refractivity contribution in [2.45, 2.75) is 39.7 Å². The van der Waals surface area contributed by atoms with Gasteiger partial charge >= 0.3 is 11.7 Å². The lowest BCUT2D eigenvalue weighted by atomic mass is 10.1. The highest BCUT2D eigenvalue weighted by molar-refractivity contribution is 5.97. The number of benzene rings is 1. The molecule has 1 aromatic heterocycles. The van der Waals surface area contributed by atoms with Gasteiger partial charge < -0.3 is 9.15 Å². The van der Waals surface area contributed by atoms with Crippen LogP contribution in [0.4, 0.5) is 0 Å². The van der Waals surface area contributed by atoms with Crippen molar-refractivity contribution in [2.75, 3.05) is 6.61 Å². The summed E-state index contributed by atoms with van der Waals surface area (Å²) in [7, 11) is 0. The molecule has 1 atom stereocenters. The number of Topliss-reactive ketones (excluding diaryl/α,β-unsaturated/α-hetero) is 1. The molecule has 0 aliphatic carbocycles. The van der Waals surface area contributed by atoms with Crippen molar-refractivity contribution < 1.29 is 18.7 Å². The Morgan fingerprint density at radius 1 is 1.32 bits per heavy atom. The zero-order chi connectivity index (χ0) is 16.3. The molecule has 1 unspecified atom stereocenters. The number of rotatable bonds is 6. The standard InChI is InChI=1S/C16H19NO5/c1-4-8-21-15(19)12(5-2)17-13-7-6-11(10(3)18)9-14(13)22-16(17)20/h6-7,9,12H,4-5,8H2,1-3H3. The summed E-state index contributed by atoms with van der Waals surface area (Å²) in [5, 5.41) is 0. The molecule has 0 saturated carbocycles. The first-order valence-corrected chi connectivity index (χ1v) is 7.32. The number of oxazole rings is 1. The van der Waals surface area contributed by atoms with Crippen molar-refractivity contribution in [1.82, 2.24) is 4.57 Å². The number of ether oxygens (including phenoxy) is 1. The van der Waals surface area contributed by atoms with Gasteiger partial charge in [0.2, 0.25) is 0 Å². The number of ketones is 1. The van der Waals surface area contributed by atoms with Gasteiger partial charge in [-0.05, 0) is 38.0 Å². The van der Waals surface area contributed by atoms with E-state index in [1.807, 2.05) is 6.92 Å². The summed E-state index contributed by atoms with van der Waals surface area (Å²) in [5.41, 5.74) is 1.23. The maximum absolute atomic E-state index is 12.1. The topological polar surface area (TPSA) is 78.5 Å². The number of hydrogen-bond acceptors (Lipinski definition) is 5. The van der Waals surface area contributed by atoms with Gasteiger partial charge in [-0.25, -0.2) is 9.59 Å². The summed E-state index contributed by atoms with van der Waals surface area (Å²) in [6.45, 7) is 5.45. The van der Waals surface area contributed by atoms with Gasteiger partial charge in [-0.3, -0.25) is 9.36 Å². The van der Waals surface area contributed by atoms with Gasteiger partial charge in [-0.2, -0.15) is 0 Å². The Bertz CT molecular complexity index is 755. The van der Waals surface area contributed by atoms with Crippen LogP contribution in [-0.4, -0.2) is 22.9 Å². The minimum atomic E-state index is -0.733. The van der Waals surface area contributed by atoms with E-state index in [1.54, 1.807) is 19.1 Å². The molecule has 0 saturated heterocycles. The van der Waals surface area contributed by atoms with Crippen LogP contribution in [0.25, 0.3) is 11.1 Å². The largest absolute Gasteiger partial charge is 0.464 e. The van der Waals surface area contributed by atoms with E-state index in [1.165, 1.54) is 17.6 Å². The minimum absolute atomic E-state index is 0.119. The molecule has 1 aromatic carbocycles. The van der Waals surface area contributed by atoms with Crippen molar-refractivity contribution in [3.63, 3.8) is 0 Å². The molecule has 0 bridgehead atoms. The molecule has 0 aliphatic heterocycles. The van der Waals surface area contributed by atoms with E-state index in [4.69, 9.17) is 9.15 Å². The predicted octanol–water partition coefficient (Wildman–Crippen LogP) is 2.70. The van der Waals surface area contributed by atoms with E-state index in [-0.39, 0.29) is 5.78 Å². The smallest absolute Gasteiger partial charge is 0.420 e. The molecular weight excluding hydrogens is 286 g/mol. The molecular formula is C16H19NO5. The maximum Gasteiger partial charge on any atom is 0.420 e. The quantitative estimate of drug-likeness (QED) is 0.605. The number of fused-ring (bicyclic) bond motifs is 1. The van der Waals surface area contributed by atoms with Crippen molar-refractivity contribution in [2.24, 2.45) is 0 Å². The Morgan fingerprint density at radius 3 is 2.64 bits per heavy atom. The lowest BCUT2D eigenvalue weighted by Gasteiger charge is -2.14. The molecule has 0 spiro atoms. The molecule has 0 N–H and O–H groups in total. The zero-order valence-corrected chi connectivity index (χ0v) is 12.9. The predicted molar refractivity (Wildman–Crippen MR) is 81.1 cm³/mol. The van der Waals surface area contributed by atoms with Crippen LogP contribution >= 0.6 is 0 Å². The zero-order valence-electron chi connectivity index (χ0n) is 12.9. The first-order valence-electron chi connectivity index (χ1n) is 7.32. The Hall–Kier alpha value is -2.37. The van der Waals surface area contributed by atoms with E-state index in [0.717, 1.165) is 0 Å². The van der Waals surface area contributed by atoms with Crippen molar-refractivity contribution >= 4 is 22.9 Å². The molecule has 6 nitrogen and oxygen atoms in total. The number of hydrogen-bond donors (Lipinski definition) is 0. The summed E-state index contributed by atoms with van der Waals surface area (Å²) in [6, 6.07) is 4.01. The van der Waals surface area contributed by atoms with Crippen LogP contribution in [0.3, 0.4) is 0 Å². The first-order chi connectivity index (χ1) is 10.5. The first kappa shape index (κ1) is 16.0. The fourth-order valence-electron chi connectivity index (χ4n) is 2.30. The fourth-order valence-corrected chi connectivity index (χ4v) is 2.30. The monoisotopic (exact) mass is 305 g/mol. The Balaban J connectivity index is 2.49. The van der Waals surface area contributed by atoms with Gasteiger partial charge in [-0.15, -0.1) is 0 Å². The van der Waals surface area contributed by atoms with Gasteiger partial charge in [-0.1, -0.05) is 13.8 Å². The van der Waals surface area contributed by atoms with Crippen molar-refractivity contribution in [3.05, 3.63) is 34.3 Å². The summed E-state index contributed by atoms with van der Waals surface area (Å²) in [6.07, 6.45) is 1.12. The average Bonchev–Trinajstić information content (AvgIpc) is 2.81. The van der Waals surface area contributed by atoms with E-state index < -0.39 is 17.8 Å². The van der Waals surface area contributed by atoms with Gasteiger partial charge in [0.25, 0.3) is 0 Å². The maximum atomic E-state index is 12.1. The minimum Gasteiger partial charge on any atom is -0.464 e. The summed E-state index contributed by atoms with van der Waals surface area (Å²) in [4.78, 5) is 35.6. The van der Waals surface area contributed by atoms with Crippen LogP contribution in [0.2, 0.25) is 0 Å². The van der Waals surface area contributed by atoms with Gasteiger partial charge in [0.15, 0.2) is 11.4 Å². The van der Waals surface area contributed by atoms with Crippen LogP contribution in [0.15, 0.2) is 27.4 Å². The molecule has 1 heterocycles. The second-order valence-corrected chi connectivity index (χ2v) is 5.07. The normalized spacial score (nSPS) is 12.3. The SMILES string of the molecule is CCCOC(=O)C(CC)n1c(=O)oc2cc(C(C)=O)ccc21. The molecule has 0 radical (unpaired) electrons. The average molecular weight is 305 g/mol. The van der Waals surface area contributed by atoms with E-state index in [0.29, 0.717) is 36.1 Å². The number of carbonyl (C=O) groups excluding carboxylic acids is 2. The van der Waals surface area contributed by atoms with Crippen LogP contribution < -0.4 is 5.76 Å². The molecule has 118 valence electrons. The van der Waals surface area contributed by atoms with E-state index >= 15 is 0 Å². The van der Waals surface area contributed by atoms with Gasteiger partial charge in [0.1, 0.15) is 6.04 Å². The third-order valence-corrected chi connectivity index (χ3v) is 3.44. The van der Waals surface area contributed by atoms with Crippen molar-refractivity contribution in [1.29, 1.82) is 0 Å². The van der Waals surface area contributed by atoms with Crippen LogP contribution in [0, 0.1) is 0 Å². The lowest BCUT2D eigenvalue weighted by molar-refractivity contribution is -0.147. The fraction of sp³-hybridized carbons (Fsp3) is 0.438. The second kappa shape index (κ2) is 6.60. The second-order valence-electron chi connectivity index (χ2n) is 5.07. The van der Waals surface area contributed by atoms with E-state index in [9.17, 15) is 14.4 Å². The number of aromatic nitrogens is 1. The van der Waals surface area contributed by atoms with Crippen molar-refractivity contribution in [3.8, 4) is 0 Å². The molecule has 0 aliphatic rings. The number of nitrogens with zero attached hydrogens (tertiary/aromatic N) is 1. The third-order valence-electron chi connectivity index (χ3n) is 3.44. The van der Waals surface area contributed by atoms with E-state index in [2.05, 4.69) is 0 Å². The highest BCUT2D eigenvalue weighted by Crippen LogP contribution is 2.21. The molecule has 0 amide bonds. The summed E-state index contributed by atoms with van der Waals surface area (Å²) in [5.74, 6) is -1.20. The summed E-state index contributed by atoms with van der Waals surface area (Å²) < 4.78 is 11.6. The Morgan fingerprint density at radius 2 is 2.05 bits per heavy atom. The summed E-state index contributed by atoms with van der Waals surface area (Å²) >= 11 is 0. The van der Waals surface area contributed by atoms with Crippen LogP contribution in [0.1, 0.15) is 50.0 Å². The third kappa shape index (κ3) is 2.95. The van der Waals surface area contributed by atoms with Crippen LogP contribution in [0.5, 0.6) is 0 Å². The molecule has 0 fully saturated rings. The van der Waals surface area contributed by atoms with Gasteiger partial charge in [0, 0.05) is 5.56 Å². The Kier molecular flexibility index (Phi) is 4.80.